The van der Waals surface area contributed by atoms with E-state index in [9.17, 15) is 4.79 Å². The summed E-state index contributed by atoms with van der Waals surface area (Å²) in [5.74, 6) is 3.71. The Hall–Kier alpha value is -1.56. The van der Waals surface area contributed by atoms with E-state index in [1.54, 1.807) is 24.4 Å². The molecule has 26 heavy (non-hydrogen) atoms. The van der Waals surface area contributed by atoms with Crippen LogP contribution in [0.15, 0.2) is 34.3 Å². The summed E-state index contributed by atoms with van der Waals surface area (Å²) in [4.78, 5) is 13.5. The Bertz CT molecular complexity index is 763. The van der Waals surface area contributed by atoms with Crippen molar-refractivity contribution >= 4 is 17.5 Å². The van der Waals surface area contributed by atoms with Gasteiger partial charge in [0.05, 0.1) is 18.1 Å². The minimum atomic E-state index is -0.0780. The predicted octanol–water partition coefficient (Wildman–Crippen LogP) is 4.19. The maximum atomic E-state index is 13.5. The first-order chi connectivity index (χ1) is 12.6. The van der Waals surface area contributed by atoms with E-state index in [0.29, 0.717) is 12.3 Å². The zero-order chi connectivity index (χ0) is 17.7. The van der Waals surface area contributed by atoms with Gasteiger partial charge in [0, 0.05) is 5.41 Å². The molecule has 4 saturated carbocycles. The van der Waals surface area contributed by atoms with Crippen molar-refractivity contribution in [2.45, 2.75) is 62.4 Å². The van der Waals surface area contributed by atoms with Crippen LogP contribution < -0.4 is 0 Å². The van der Waals surface area contributed by atoms with E-state index in [-0.39, 0.29) is 10.7 Å². The molecule has 0 aromatic carbocycles. The molecule has 5 nitrogen and oxygen atoms in total. The maximum Gasteiger partial charge on any atom is 0.192 e. The highest BCUT2D eigenvalue weighted by Gasteiger charge is 2.55. The Labute approximate surface area is 157 Å². The highest BCUT2D eigenvalue weighted by Crippen LogP contribution is 2.61. The minimum Gasteiger partial charge on any atom is -0.467 e. The molecule has 0 amide bonds. The molecule has 2 heterocycles. The fourth-order valence-electron chi connectivity index (χ4n) is 6.07. The summed E-state index contributed by atoms with van der Waals surface area (Å²) in [5.41, 5.74) is -0.0486. The lowest BCUT2D eigenvalue weighted by Gasteiger charge is -2.56. The first-order valence-corrected chi connectivity index (χ1v) is 10.6. The summed E-state index contributed by atoms with van der Waals surface area (Å²) < 4.78 is 7.39. The van der Waals surface area contributed by atoms with Gasteiger partial charge < -0.3 is 8.98 Å². The number of Topliss-reactive ketones (excluding diaryl/α,β-unsaturated/α-hetero) is 1. The summed E-state index contributed by atoms with van der Waals surface area (Å²) in [7, 11) is 0. The fraction of sp³-hybridized carbons (Fsp3) is 0.650. The third-order valence-electron chi connectivity index (χ3n) is 6.70. The Kier molecular flexibility index (Phi) is 3.99. The fourth-order valence-corrected chi connectivity index (χ4v) is 7.08. The van der Waals surface area contributed by atoms with Gasteiger partial charge in [0.2, 0.25) is 0 Å². The van der Waals surface area contributed by atoms with Gasteiger partial charge in [-0.2, -0.15) is 0 Å². The third kappa shape index (κ3) is 2.82. The van der Waals surface area contributed by atoms with E-state index in [1.165, 1.54) is 19.3 Å². The highest BCUT2D eigenvalue weighted by atomic mass is 32.2. The molecule has 4 aliphatic carbocycles. The molecule has 0 saturated heterocycles. The van der Waals surface area contributed by atoms with E-state index in [1.807, 2.05) is 16.7 Å². The Morgan fingerprint density at radius 2 is 2.00 bits per heavy atom. The third-order valence-corrected chi connectivity index (χ3v) is 7.79. The van der Waals surface area contributed by atoms with E-state index in [0.717, 1.165) is 47.9 Å². The van der Waals surface area contributed by atoms with Crippen LogP contribution in [-0.4, -0.2) is 25.8 Å². The number of hydrogen-bond donors (Lipinski definition) is 0. The molecule has 0 N–H and O–H groups in total. The van der Waals surface area contributed by atoms with Gasteiger partial charge in [-0.05, 0) is 75.3 Å². The normalized spacial score (nSPS) is 33.5. The monoisotopic (exact) mass is 371 g/mol. The molecule has 2 aromatic heterocycles. The molecular weight excluding hydrogens is 346 g/mol. The average molecular weight is 372 g/mol. The molecule has 4 bridgehead atoms. The van der Waals surface area contributed by atoms with Gasteiger partial charge in [-0.25, -0.2) is 0 Å². The van der Waals surface area contributed by atoms with Crippen LogP contribution in [0.5, 0.6) is 0 Å². The second kappa shape index (κ2) is 6.25. The number of carbonyl (C=O) groups excluding carboxylic acids is 1. The van der Waals surface area contributed by atoms with Gasteiger partial charge in [0.15, 0.2) is 10.9 Å². The lowest BCUT2D eigenvalue weighted by Crippen LogP contribution is -2.51. The molecule has 4 fully saturated rings. The topological polar surface area (TPSA) is 60.9 Å². The smallest absolute Gasteiger partial charge is 0.192 e. The number of nitrogens with zero attached hydrogens (tertiary/aromatic N) is 3. The van der Waals surface area contributed by atoms with Crippen molar-refractivity contribution in [3.05, 3.63) is 30.5 Å². The van der Waals surface area contributed by atoms with E-state index < -0.39 is 0 Å². The van der Waals surface area contributed by atoms with Gasteiger partial charge >= 0.3 is 0 Å². The second-order valence-corrected chi connectivity index (χ2v) is 9.95. The van der Waals surface area contributed by atoms with Gasteiger partial charge in [-0.15, -0.1) is 10.2 Å². The van der Waals surface area contributed by atoms with Crippen molar-refractivity contribution in [3.63, 3.8) is 0 Å². The lowest BCUT2D eigenvalue weighted by molar-refractivity contribution is -0.142. The Morgan fingerprint density at radius 1 is 1.31 bits per heavy atom. The lowest BCUT2D eigenvalue weighted by atomic mass is 9.48. The van der Waals surface area contributed by atoms with Crippen LogP contribution >= 0.6 is 11.8 Å². The molecule has 0 aliphatic heterocycles. The van der Waals surface area contributed by atoms with Crippen LogP contribution in [-0.2, 0) is 11.3 Å². The van der Waals surface area contributed by atoms with Crippen LogP contribution in [0.4, 0.5) is 0 Å². The standard InChI is InChI=1S/C20H25N3O2S/c1-13(26-19-22-21-12-23(19)11-17-3-2-4-25-17)18(24)20-8-14-5-15(9-20)7-16(6-14)10-20/h2-4,12-16H,5-11H2,1H3/t13-,14?,15?,16?,20?/m0/s1. The predicted molar refractivity (Wildman–Crippen MR) is 98.8 cm³/mol. The van der Waals surface area contributed by atoms with Crippen LogP contribution in [0.25, 0.3) is 0 Å². The summed E-state index contributed by atoms with van der Waals surface area (Å²) in [5, 5.41) is 9.01. The minimum absolute atomic E-state index is 0.0486. The number of aromatic nitrogens is 3. The van der Waals surface area contributed by atoms with Gasteiger partial charge in [0.1, 0.15) is 12.1 Å². The van der Waals surface area contributed by atoms with Crippen LogP contribution in [0.2, 0.25) is 0 Å². The molecule has 0 spiro atoms. The molecule has 6 rings (SSSR count). The average Bonchev–Trinajstić information content (AvgIpc) is 3.26. The maximum absolute atomic E-state index is 13.5. The second-order valence-electron chi connectivity index (χ2n) is 8.64. The SMILES string of the molecule is C[C@H](Sc1nncn1Cc1ccco1)C(=O)C12CC3CC(CC(C3)C1)C2. The number of furan rings is 1. The molecular formula is C20H25N3O2S. The van der Waals surface area contributed by atoms with Crippen LogP contribution in [0.1, 0.15) is 51.2 Å². The number of hydrogen-bond acceptors (Lipinski definition) is 5. The van der Waals surface area contributed by atoms with Gasteiger partial charge in [-0.3, -0.25) is 4.79 Å². The van der Waals surface area contributed by atoms with Gasteiger partial charge in [0.25, 0.3) is 0 Å². The van der Waals surface area contributed by atoms with Crippen molar-refractivity contribution < 1.29 is 9.21 Å². The molecule has 0 unspecified atom stereocenters. The van der Waals surface area contributed by atoms with Crippen LogP contribution in [0.3, 0.4) is 0 Å². The summed E-state index contributed by atoms with van der Waals surface area (Å²) in [6, 6.07) is 3.82. The van der Waals surface area contributed by atoms with E-state index in [4.69, 9.17) is 4.42 Å². The number of thioether (sulfide) groups is 1. The molecule has 6 heteroatoms. The molecule has 0 radical (unpaired) electrons. The number of carbonyl (C=O) groups is 1. The Balaban J connectivity index is 1.31. The number of ketones is 1. The van der Waals surface area contributed by atoms with Crippen molar-refractivity contribution in [1.82, 2.24) is 14.8 Å². The zero-order valence-corrected chi connectivity index (χ0v) is 16.0. The molecule has 138 valence electrons. The van der Waals surface area contributed by atoms with Crippen molar-refractivity contribution in [3.8, 4) is 0 Å². The van der Waals surface area contributed by atoms with Crippen molar-refractivity contribution in [2.75, 3.05) is 0 Å². The number of rotatable bonds is 6. The molecule has 2 aromatic rings. The van der Waals surface area contributed by atoms with Crippen LogP contribution in [0, 0.1) is 23.2 Å². The zero-order valence-electron chi connectivity index (χ0n) is 15.1. The van der Waals surface area contributed by atoms with Crippen molar-refractivity contribution in [1.29, 1.82) is 0 Å². The summed E-state index contributed by atoms with van der Waals surface area (Å²) >= 11 is 1.55. The summed E-state index contributed by atoms with van der Waals surface area (Å²) in [6.45, 7) is 2.65. The first kappa shape index (κ1) is 16.6. The van der Waals surface area contributed by atoms with Crippen molar-refractivity contribution in [2.24, 2.45) is 23.2 Å². The Morgan fingerprint density at radius 3 is 2.62 bits per heavy atom. The van der Waals surface area contributed by atoms with E-state index in [2.05, 4.69) is 17.1 Å². The largest absolute Gasteiger partial charge is 0.467 e. The summed E-state index contributed by atoms with van der Waals surface area (Å²) in [6.07, 6.45) is 10.9. The van der Waals surface area contributed by atoms with E-state index >= 15 is 0 Å². The molecule has 1 atom stereocenters. The molecule has 4 aliphatic rings. The first-order valence-electron chi connectivity index (χ1n) is 9.72. The highest BCUT2D eigenvalue weighted by molar-refractivity contribution is 8.00. The van der Waals surface area contributed by atoms with Gasteiger partial charge in [-0.1, -0.05) is 11.8 Å². The quantitative estimate of drug-likeness (QED) is 0.713.